The number of para-hydroxylation sites is 1. The van der Waals surface area contributed by atoms with E-state index in [-0.39, 0.29) is 39.6 Å². The highest BCUT2D eigenvalue weighted by Gasteiger charge is 2.24. The zero-order chi connectivity index (χ0) is 14.7. The molecule has 1 unspecified atom stereocenters. The molecule has 2 N–H and O–H groups in total. The second-order valence-corrected chi connectivity index (χ2v) is 4.01. The van der Waals surface area contributed by atoms with Gasteiger partial charge in [-0.05, 0) is 6.07 Å². The minimum atomic E-state index is -0.985. The number of aliphatic hydroxyl groups is 1. The number of aliphatic hydroxyl groups excluding tert-OH is 1. The predicted octanol–water partition coefficient (Wildman–Crippen LogP) is -1.41. The summed E-state index contributed by atoms with van der Waals surface area (Å²) in [6.07, 6.45) is -0.884. The van der Waals surface area contributed by atoms with Gasteiger partial charge in [0.2, 0.25) is 0 Å². The largest absolute Gasteiger partial charge is 0.707 e. The average molecular weight is 283 g/mol. The summed E-state index contributed by atoms with van der Waals surface area (Å²) in [7, 11) is 1.43. The third kappa shape index (κ3) is 2.63. The van der Waals surface area contributed by atoms with Crippen molar-refractivity contribution in [2.24, 2.45) is 0 Å². The van der Waals surface area contributed by atoms with Gasteiger partial charge in [-0.2, -0.15) is 4.73 Å². The molecule has 0 aliphatic carbocycles. The summed E-state index contributed by atoms with van der Waals surface area (Å²) < 4.78 is 10.1. The van der Waals surface area contributed by atoms with Crippen LogP contribution in [0.4, 0.5) is 0 Å². The third-order valence-corrected chi connectivity index (χ3v) is 2.54. The summed E-state index contributed by atoms with van der Waals surface area (Å²) >= 11 is 0. The maximum atomic E-state index is 11.8. The number of nitrogens with zero attached hydrogens (tertiary/aromatic N) is 3. The van der Waals surface area contributed by atoms with Crippen LogP contribution < -0.4 is 14.3 Å². The molecule has 1 aromatic carbocycles. The molecule has 1 atom stereocenters. The molecule has 2 aromatic rings. The van der Waals surface area contributed by atoms with Crippen molar-refractivity contribution < 1.29 is 29.3 Å². The van der Waals surface area contributed by atoms with E-state index in [9.17, 15) is 20.6 Å². The average Bonchev–Trinajstić information content (AvgIpc) is 2.42. The van der Waals surface area contributed by atoms with Crippen LogP contribution in [0.5, 0.6) is 11.8 Å². The Balaban J connectivity index is 2.39. The summed E-state index contributed by atoms with van der Waals surface area (Å²) in [6.45, 7) is -0.0641. The monoisotopic (exact) mass is 283 g/mol. The van der Waals surface area contributed by atoms with Gasteiger partial charge >= 0.3 is 11.5 Å². The summed E-state index contributed by atoms with van der Waals surface area (Å²) in [5.74, 6) is 0.0509. The van der Waals surface area contributed by atoms with E-state index in [0.717, 1.165) is 0 Å². The SMILES string of the molecule is COCC(O)COc1cccc2c1[n+]([O-])c(O)n[n+]2[O-]. The Kier molecular flexibility index (Phi) is 4.01. The lowest BCUT2D eigenvalue weighted by atomic mass is 10.3. The van der Waals surface area contributed by atoms with E-state index in [2.05, 4.69) is 5.10 Å². The van der Waals surface area contributed by atoms with Gasteiger partial charge in [0.15, 0.2) is 5.75 Å². The Morgan fingerprint density at radius 3 is 2.80 bits per heavy atom. The topological polar surface area (TPSA) is 126 Å². The number of hydrogen-bond acceptors (Lipinski definition) is 7. The van der Waals surface area contributed by atoms with Crippen LogP contribution in [0.15, 0.2) is 18.2 Å². The number of benzene rings is 1. The first-order valence-electron chi connectivity index (χ1n) is 5.69. The van der Waals surface area contributed by atoms with Gasteiger partial charge in [0, 0.05) is 13.2 Å². The molecule has 0 aliphatic rings. The summed E-state index contributed by atoms with van der Waals surface area (Å²) in [5, 5.41) is 45.2. The second kappa shape index (κ2) is 5.72. The number of methoxy groups -OCH3 is 1. The van der Waals surface area contributed by atoms with E-state index < -0.39 is 12.1 Å². The fourth-order valence-electron chi connectivity index (χ4n) is 1.69. The first-order valence-corrected chi connectivity index (χ1v) is 5.69. The predicted molar refractivity (Wildman–Crippen MR) is 64.7 cm³/mol. The van der Waals surface area contributed by atoms with Crippen LogP contribution in [-0.4, -0.2) is 41.7 Å². The van der Waals surface area contributed by atoms with E-state index >= 15 is 0 Å². The molecule has 2 rings (SSSR count). The molecule has 1 heterocycles. The minimum absolute atomic E-state index is 0.0509. The van der Waals surface area contributed by atoms with Gasteiger partial charge in [0.25, 0.3) is 10.6 Å². The van der Waals surface area contributed by atoms with E-state index in [1.165, 1.54) is 25.3 Å². The lowest BCUT2D eigenvalue weighted by Crippen LogP contribution is -2.41. The molecule has 0 amide bonds. The molecule has 0 fully saturated rings. The molecule has 1 aromatic heterocycles. The fourth-order valence-corrected chi connectivity index (χ4v) is 1.69. The molecule has 20 heavy (non-hydrogen) atoms. The van der Waals surface area contributed by atoms with Crippen molar-refractivity contribution in [1.29, 1.82) is 0 Å². The zero-order valence-electron chi connectivity index (χ0n) is 10.6. The van der Waals surface area contributed by atoms with E-state index in [1.807, 2.05) is 0 Å². The minimum Gasteiger partial charge on any atom is -0.707 e. The summed E-state index contributed by atoms with van der Waals surface area (Å²) in [5.41, 5.74) is -0.226. The van der Waals surface area contributed by atoms with E-state index in [4.69, 9.17) is 9.47 Å². The molecule has 0 spiro atoms. The number of aromatic nitrogens is 3. The molecule has 0 saturated carbocycles. The molecule has 9 heteroatoms. The lowest BCUT2D eigenvalue weighted by Gasteiger charge is -2.13. The van der Waals surface area contributed by atoms with E-state index in [1.54, 1.807) is 0 Å². The van der Waals surface area contributed by atoms with Crippen LogP contribution in [-0.2, 0) is 4.74 Å². The molecule has 108 valence electrons. The molecule has 0 aliphatic heterocycles. The van der Waals surface area contributed by atoms with Crippen molar-refractivity contribution in [3.8, 4) is 11.8 Å². The highest BCUT2D eigenvalue weighted by atomic mass is 16.5. The van der Waals surface area contributed by atoms with Gasteiger partial charge in [-0.1, -0.05) is 6.07 Å². The summed E-state index contributed by atoms with van der Waals surface area (Å²) in [4.78, 5) is 0.123. The Bertz CT molecular complexity index is 621. The Morgan fingerprint density at radius 1 is 1.35 bits per heavy atom. The first kappa shape index (κ1) is 14.0. The van der Waals surface area contributed by atoms with Gasteiger partial charge < -0.3 is 30.1 Å². The van der Waals surface area contributed by atoms with Crippen LogP contribution >= 0.6 is 0 Å². The standard InChI is InChI=1S/C11H13N3O6/c1-19-5-7(15)6-20-9-4-2-3-8-10(9)13(17)11(16)12-14(8)18/h2-4,7,15H,5-6H2,1H3,(H,12,16). The van der Waals surface area contributed by atoms with Crippen LogP contribution in [0, 0.1) is 10.4 Å². The van der Waals surface area contributed by atoms with Gasteiger partial charge in [-0.15, -0.1) is 0 Å². The Hall–Kier alpha value is -2.39. The maximum absolute atomic E-state index is 11.8. The second-order valence-electron chi connectivity index (χ2n) is 4.01. The van der Waals surface area contributed by atoms with Crippen molar-refractivity contribution in [3.05, 3.63) is 28.6 Å². The molecule has 0 saturated heterocycles. The molecule has 0 radical (unpaired) electrons. The van der Waals surface area contributed by atoms with Crippen molar-refractivity contribution in [2.45, 2.75) is 6.10 Å². The quantitative estimate of drug-likeness (QED) is 0.510. The number of hydrogen-bond donors (Lipinski definition) is 2. The molecular formula is C11H13N3O6. The van der Waals surface area contributed by atoms with Crippen molar-refractivity contribution in [3.63, 3.8) is 0 Å². The van der Waals surface area contributed by atoms with Crippen molar-refractivity contribution >= 4 is 11.0 Å². The van der Waals surface area contributed by atoms with Gasteiger partial charge in [-0.25, -0.2) is 0 Å². The van der Waals surface area contributed by atoms with Crippen LogP contribution in [0.1, 0.15) is 0 Å². The van der Waals surface area contributed by atoms with Crippen LogP contribution in [0.2, 0.25) is 0 Å². The lowest BCUT2D eigenvalue weighted by molar-refractivity contribution is -0.684. The number of aromatic hydroxyl groups is 1. The van der Waals surface area contributed by atoms with Crippen LogP contribution in [0.3, 0.4) is 0 Å². The Labute approximate surface area is 113 Å². The third-order valence-electron chi connectivity index (χ3n) is 2.54. The smallest absolute Gasteiger partial charge is 0.569 e. The van der Waals surface area contributed by atoms with Gasteiger partial charge in [-0.3, -0.25) is 0 Å². The van der Waals surface area contributed by atoms with Gasteiger partial charge in [0.05, 0.1) is 11.5 Å². The van der Waals surface area contributed by atoms with Crippen molar-refractivity contribution in [2.75, 3.05) is 20.3 Å². The highest BCUT2D eigenvalue weighted by molar-refractivity contribution is 5.75. The van der Waals surface area contributed by atoms with Crippen molar-refractivity contribution in [1.82, 2.24) is 5.10 Å². The zero-order valence-corrected chi connectivity index (χ0v) is 10.6. The Morgan fingerprint density at radius 2 is 2.10 bits per heavy atom. The molecule has 9 nitrogen and oxygen atoms in total. The summed E-state index contributed by atoms with van der Waals surface area (Å²) in [6, 6.07) is 3.31. The number of ether oxygens (including phenoxy) is 2. The number of fused-ring (bicyclic) bond motifs is 1. The number of rotatable bonds is 5. The first-order chi connectivity index (χ1) is 9.54. The van der Waals surface area contributed by atoms with Crippen LogP contribution in [0.25, 0.3) is 11.0 Å². The van der Waals surface area contributed by atoms with Gasteiger partial charge in [0.1, 0.15) is 12.7 Å². The fraction of sp³-hybridized carbons (Fsp3) is 0.364. The maximum Gasteiger partial charge on any atom is 0.569 e. The molecule has 0 bridgehead atoms. The van der Waals surface area contributed by atoms with E-state index in [0.29, 0.717) is 0 Å². The highest BCUT2D eigenvalue weighted by Crippen LogP contribution is 2.20. The molecular weight excluding hydrogens is 270 g/mol. The normalized spacial score (nSPS) is 12.5.